The van der Waals surface area contributed by atoms with Crippen LogP contribution >= 0.6 is 46.6 Å². The van der Waals surface area contributed by atoms with Crippen LogP contribution in [0.5, 0.6) is 0 Å². The van der Waals surface area contributed by atoms with Gasteiger partial charge in [0.15, 0.2) is 0 Å². The maximum absolute atomic E-state index is 12.1. The highest BCUT2D eigenvalue weighted by Gasteiger charge is 2.18. The van der Waals surface area contributed by atoms with Crippen molar-refractivity contribution in [3.05, 3.63) is 32.4 Å². The molecule has 1 aliphatic heterocycles. The lowest BCUT2D eigenvalue weighted by Gasteiger charge is -2.27. The van der Waals surface area contributed by atoms with E-state index in [0.717, 1.165) is 35.3 Å². The summed E-state index contributed by atoms with van der Waals surface area (Å²) in [6.45, 7) is 3.29. The van der Waals surface area contributed by atoms with Crippen LogP contribution in [-0.4, -0.2) is 37.0 Å². The van der Waals surface area contributed by atoms with Crippen molar-refractivity contribution >= 4 is 52.5 Å². The SMILES string of the molecule is Cl.O=C(c1ccc(Cl)c(I)c1)N1CCNCC1. The van der Waals surface area contributed by atoms with Gasteiger partial charge in [0, 0.05) is 35.3 Å². The van der Waals surface area contributed by atoms with Gasteiger partial charge in [0.2, 0.25) is 0 Å². The number of amides is 1. The first-order chi connectivity index (χ1) is 7.68. The zero-order valence-corrected chi connectivity index (χ0v) is 12.8. The van der Waals surface area contributed by atoms with Crippen LogP contribution < -0.4 is 5.32 Å². The van der Waals surface area contributed by atoms with Gasteiger partial charge in [-0.05, 0) is 40.8 Å². The molecule has 3 nitrogen and oxygen atoms in total. The molecule has 0 spiro atoms. The first-order valence-electron chi connectivity index (χ1n) is 5.13. The van der Waals surface area contributed by atoms with Crippen LogP contribution in [0.15, 0.2) is 18.2 Å². The summed E-state index contributed by atoms with van der Waals surface area (Å²) in [4.78, 5) is 14.0. The number of hydrogen-bond donors (Lipinski definition) is 1. The van der Waals surface area contributed by atoms with E-state index in [9.17, 15) is 4.79 Å². The zero-order valence-electron chi connectivity index (χ0n) is 9.08. The second-order valence-corrected chi connectivity index (χ2v) is 5.24. The quantitative estimate of drug-likeness (QED) is 0.751. The molecule has 1 saturated heterocycles. The minimum atomic E-state index is 0. The number of benzene rings is 1. The van der Waals surface area contributed by atoms with Crippen molar-refractivity contribution < 1.29 is 4.79 Å². The van der Waals surface area contributed by atoms with Gasteiger partial charge in [-0.15, -0.1) is 12.4 Å². The lowest BCUT2D eigenvalue weighted by atomic mass is 10.2. The first-order valence-corrected chi connectivity index (χ1v) is 6.59. The van der Waals surface area contributed by atoms with Gasteiger partial charge in [-0.1, -0.05) is 11.6 Å². The van der Waals surface area contributed by atoms with Crippen LogP contribution in [0.25, 0.3) is 0 Å². The molecule has 17 heavy (non-hydrogen) atoms. The summed E-state index contributed by atoms with van der Waals surface area (Å²) in [5.41, 5.74) is 0.718. The molecule has 2 rings (SSSR count). The Morgan fingerprint density at radius 3 is 2.59 bits per heavy atom. The van der Waals surface area contributed by atoms with E-state index in [0.29, 0.717) is 5.02 Å². The Balaban J connectivity index is 0.00000144. The summed E-state index contributed by atoms with van der Waals surface area (Å²) < 4.78 is 0.917. The first kappa shape index (κ1) is 15.0. The second-order valence-electron chi connectivity index (χ2n) is 3.67. The minimum Gasteiger partial charge on any atom is -0.336 e. The molecule has 0 unspecified atom stereocenters. The van der Waals surface area contributed by atoms with Crippen molar-refractivity contribution in [3.63, 3.8) is 0 Å². The van der Waals surface area contributed by atoms with Crippen LogP contribution in [0.4, 0.5) is 0 Å². The molecule has 0 bridgehead atoms. The van der Waals surface area contributed by atoms with E-state index in [-0.39, 0.29) is 18.3 Å². The third-order valence-electron chi connectivity index (χ3n) is 2.57. The smallest absolute Gasteiger partial charge is 0.253 e. The maximum atomic E-state index is 12.1. The molecule has 1 aromatic carbocycles. The van der Waals surface area contributed by atoms with Crippen molar-refractivity contribution in [2.45, 2.75) is 0 Å². The largest absolute Gasteiger partial charge is 0.336 e. The van der Waals surface area contributed by atoms with Gasteiger partial charge in [-0.2, -0.15) is 0 Å². The Morgan fingerprint density at radius 2 is 2.00 bits per heavy atom. The van der Waals surface area contributed by atoms with Crippen LogP contribution in [-0.2, 0) is 0 Å². The molecule has 0 aromatic heterocycles. The fourth-order valence-corrected chi connectivity index (χ4v) is 2.31. The number of carbonyl (C=O) groups is 1. The summed E-state index contributed by atoms with van der Waals surface area (Å²) in [6, 6.07) is 5.40. The highest BCUT2D eigenvalue weighted by atomic mass is 127. The van der Waals surface area contributed by atoms with Gasteiger partial charge in [-0.3, -0.25) is 4.79 Å². The zero-order chi connectivity index (χ0) is 11.5. The molecule has 94 valence electrons. The Morgan fingerprint density at radius 1 is 1.35 bits per heavy atom. The predicted molar refractivity (Wildman–Crippen MR) is 80.2 cm³/mol. The van der Waals surface area contributed by atoms with Gasteiger partial charge in [0.1, 0.15) is 0 Å². The van der Waals surface area contributed by atoms with E-state index in [1.807, 2.05) is 11.0 Å². The molecular formula is C11H13Cl2IN2O. The summed E-state index contributed by atoms with van der Waals surface area (Å²) >= 11 is 8.07. The molecule has 0 radical (unpaired) electrons. The molecule has 0 aliphatic carbocycles. The molecule has 1 heterocycles. The van der Waals surface area contributed by atoms with Gasteiger partial charge >= 0.3 is 0 Å². The van der Waals surface area contributed by atoms with Crippen molar-refractivity contribution in [2.24, 2.45) is 0 Å². The number of halogens is 3. The summed E-state index contributed by atoms with van der Waals surface area (Å²) in [5.74, 6) is 0.0936. The normalized spacial score (nSPS) is 15.3. The molecule has 0 atom stereocenters. The van der Waals surface area contributed by atoms with Crippen LogP contribution in [0, 0.1) is 3.57 Å². The molecule has 1 fully saturated rings. The molecule has 1 N–H and O–H groups in total. The number of piperazine rings is 1. The monoisotopic (exact) mass is 386 g/mol. The molecule has 1 aromatic rings. The maximum Gasteiger partial charge on any atom is 0.253 e. The lowest BCUT2D eigenvalue weighted by molar-refractivity contribution is 0.0736. The highest BCUT2D eigenvalue weighted by Crippen LogP contribution is 2.20. The van der Waals surface area contributed by atoms with Crippen LogP contribution in [0.2, 0.25) is 5.02 Å². The molecular weight excluding hydrogens is 374 g/mol. The fourth-order valence-electron chi connectivity index (χ4n) is 1.68. The van der Waals surface area contributed by atoms with Gasteiger partial charge in [0.05, 0.1) is 5.02 Å². The van der Waals surface area contributed by atoms with E-state index in [1.165, 1.54) is 0 Å². The molecule has 6 heteroatoms. The van der Waals surface area contributed by atoms with E-state index in [4.69, 9.17) is 11.6 Å². The van der Waals surface area contributed by atoms with Crippen molar-refractivity contribution in [1.82, 2.24) is 10.2 Å². The van der Waals surface area contributed by atoms with Crippen molar-refractivity contribution in [3.8, 4) is 0 Å². The molecule has 0 saturated carbocycles. The van der Waals surface area contributed by atoms with Crippen molar-refractivity contribution in [2.75, 3.05) is 26.2 Å². The van der Waals surface area contributed by atoms with Crippen LogP contribution in [0.1, 0.15) is 10.4 Å². The molecule has 1 amide bonds. The number of nitrogens with one attached hydrogen (secondary N) is 1. The predicted octanol–water partition coefficient (Wildman–Crippen LogP) is 2.41. The topological polar surface area (TPSA) is 32.3 Å². The van der Waals surface area contributed by atoms with Gasteiger partial charge in [0.25, 0.3) is 5.91 Å². The lowest BCUT2D eigenvalue weighted by Crippen LogP contribution is -2.46. The standard InChI is InChI=1S/C11H12ClIN2O.ClH/c12-9-2-1-8(7-10(9)13)11(16)15-5-3-14-4-6-15;/h1-2,7,14H,3-6H2;1H. The summed E-state index contributed by atoms with van der Waals surface area (Å²) in [5, 5.41) is 3.92. The number of nitrogens with zero attached hydrogens (tertiary/aromatic N) is 1. The third kappa shape index (κ3) is 3.71. The average molecular weight is 387 g/mol. The number of hydrogen-bond acceptors (Lipinski definition) is 2. The van der Waals surface area contributed by atoms with Gasteiger partial charge in [-0.25, -0.2) is 0 Å². The summed E-state index contributed by atoms with van der Waals surface area (Å²) in [7, 11) is 0. The number of carbonyl (C=O) groups excluding carboxylic acids is 1. The average Bonchev–Trinajstić information content (AvgIpc) is 2.33. The number of rotatable bonds is 1. The minimum absolute atomic E-state index is 0. The molecule has 1 aliphatic rings. The summed E-state index contributed by atoms with van der Waals surface area (Å²) in [6.07, 6.45) is 0. The Labute approximate surface area is 125 Å². The third-order valence-corrected chi connectivity index (χ3v) is 4.11. The van der Waals surface area contributed by atoms with E-state index < -0.39 is 0 Å². The van der Waals surface area contributed by atoms with E-state index in [2.05, 4.69) is 27.9 Å². The van der Waals surface area contributed by atoms with E-state index in [1.54, 1.807) is 12.1 Å². The fraction of sp³-hybridized carbons (Fsp3) is 0.364. The Kier molecular flexibility index (Phi) is 5.99. The van der Waals surface area contributed by atoms with Crippen molar-refractivity contribution in [1.29, 1.82) is 0 Å². The Hall–Kier alpha value is -0.0400. The van der Waals surface area contributed by atoms with E-state index >= 15 is 0 Å². The van der Waals surface area contributed by atoms with Crippen LogP contribution in [0.3, 0.4) is 0 Å². The second kappa shape index (κ2) is 6.78. The Bertz CT molecular complexity index is 408. The van der Waals surface area contributed by atoms with Gasteiger partial charge < -0.3 is 10.2 Å². The highest BCUT2D eigenvalue weighted by molar-refractivity contribution is 14.1.